The molecule has 2 aromatic rings. The van der Waals surface area contributed by atoms with E-state index in [0.29, 0.717) is 5.92 Å². The summed E-state index contributed by atoms with van der Waals surface area (Å²) in [7, 11) is 0. The van der Waals surface area contributed by atoms with Crippen molar-refractivity contribution >= 4 is 26.8 Å². The quantitative estimate of drug-likeness (QED) is 0.726. The van der Waals surface area contributed by atoms with Crippen molar-refractivity contribution in [3.8, 4) is 0 Å². The Morgan fingerprint density at radius 1 is 1.00 bits per heavy atom. The second-order valence-corrected chi connectivity index (χ2v) is 5.48. The summed E-state index contributed by atoms with van der Waals surface area (Å²) in [6, 6.07) is 8.18. The highest BCUT2D eigenvalue weighted by molar-refractivity contribution is 9.10. The lowest BCUT2D eigenvalue weighted by Crippen LogP contribution is -2.09. The number of fused-ring (bicyclic) bond motifs is 1. The van der Waals surface area contributed by atoms with E-state index in [1.165, 1.54) is 32.1 Å². The van der Waals surface area contributed by atoms with Crippen LogP contribution in [-0.4, -0.2) is 9.97 Å². The minimum absolute atomic E-state index is 0.560. The summed E-state index contributed by atoms with van der Waals surface area (Å²) in [5.74, 6) is 1.58. The Balaban J connectivity index is 2.05. The zero-order chi connectivity index (χ0) is 11.7. The van der Waals surface area contributed by atoms with Crippen molar-refractivity contribution in [2.45, 2.75) is 38.0 Å². The molecule has 3 rings (SSSR count). The highest BCUT2D eigenvalue weighted by atomic mass is 79.9. The fraction of sp³-hybridized carbons (Fsp3) is 0.429. The van der Waals surface area contributed by atoms with Crippen molar-refractivity contribution in [2.75, 3.05) is 0 Å². The van der Waals surface area contributed by atoms with Gasteiger partial charge in [0.25, 0.3) is 0 Å². The van der Waals surface area contributed by atoms with E-state index in [2.05, 4.69) is 33.0 Å². The molecule has 0 radical (unpaired) electrons. The van der Waals surface area contributed by atoms with Crippen molar-refractivity contribution in [3.63, 3.8) is 0 Å². The summed E-state index contributed by atoms with van der Waals surface area (Å²) in [4.78, 5) is 9.35. The van der Waals surface area contributed by atoms with Crippen LogP contribution in [0.25, 0.3) is 10.9 Å². The summed E-state index contributed by atoms with van der Waals surface area (Å²) in [6.45, 7) is 0. The highest BCUT2D eigenvalue weighted by Crippen LogP contribution is 2.32. The Bertz CT molecular complexity index is 533. The molecule has 0 amide bonds. The average Bonchev–Trinajstić information content (AvgIpc) is 2.40. The van der Waals surface area contributed by atoms with E-state index in [-0.39, 0.29) is 0 Å². The first-order valence-electron chi connectivity index (χ1n) is 6.27. The first-order valence-corrected chi connectivity index (χ1v) is 7.06. The Hall–Kier alpha value is -0.960. The molecule has 0 unspecified atom stereocenters. The molecule has 0 saturated heterocycles. The third kappa shape index (κ3) is 2.21. The van der Waals surface area contributed by atoms with E-state index in [1.54, 1.807) is 0 Å². The lowest BCUT2D eigenvalue weighted by molar-refractivity contribution is 0.429. The Morgan fingerprint density at radius 2 is 1.76 bits per heavy atom. The van der Waals surface area contributed by atoms with Crippen molar-refractivity contribution in [1.29, 1.82) is 0 Å². The standard InChI is InChI=1S/C14H15BrN2/c15-13-11-8-4-5-9-12(11)16-14(17-13)10-6-2-1-3-7-10/h4-5,8-10H,1-3,6-7H2. The van der Waals surface area contributed by atoms with Crippen molar-refractivity contribution < 1.29 is 0 Å². The van der Waals surface area contributed by atoms with E-state index in [9.17, 15) is 0 Å². The number of benzene rings is 1. The lowest BCUT2D eigenvalue weighted by atomic mass is 9.88. The maximum Gasteiger partial charge on any atom is 0.133 e. The van der Waals surface area contributed by atoms with Crippen LogP contribution in [0, 0.1) is 0 Å². The second kappa shape index (κ2) is 4.73. The van der Waals surface area contributed by atoms with Gasteiger partial charge in [0.1, 0.15) is 10.4 Å². The molecule has 1 fully saturated rings. The fourth-order valence-electron chi connectivity index (χ4n) is 2.60. The van der Waals surface area contributed by atoms with E-state index >= 15 is 0 Å². The van der Waals surface area contributed by atoms with Gasteiger partial charge in [-0.25, -0.2) is 9.97 Å². The first kappa shape index (κ1) is 11.1. The smallest absolute Gasteiger partial charge is 0.133 e. The summed E-state index contributed by atoms with van der Waals surface area (Å²) in [5.41, 5.74) is 1.05. The van der Waals surface area contributed by atoms with Crippen LogP contribution in [0.5, 0.6) is 0 Å². The molecule has 0 aliphatic heterocycles. The zero-order valence-electron chi connectivity index (χ0n) is 9.69. The highest BCUT2D eigenvalue weighted by Gasteiger charge is 2.19. The van der Waals surface area contributed by atoms with Gasteiger partial charge < -0.3 is 0 Å². The van der Waals surface area contributed by atoms with Crippen LogP contribution in [0.3, 0.4) is 0 Å². The SMILES string of the molecule is Brc1nc(C2CCCCC2)nc2ccccc12. The lowest BCUT2D eigenvalue weighted by Gasteiger charge is -2.20. The predicted octanol–water partition coefficient (Wildman–Crippen LogP) is 4.44. The number of aromatic nitrogens is 2. The summed E-state index contributed by atoms with van der Waals surface area (Å²) >= 11 is 3.56. The molecule has 1 aromatic heterocycles. The van der Waals surface area contributed by atoms with Gasteiger partial charge in [0, 0.05) is 11.3 Å². The van der Waals surface area contributed by atoms with Crippen molar-refractivity contribution in [3.05, 3.63) is 34.7 Å². The van der Waals surface area contributed by atoms with Gasteiger partial charge in [-0.1, -0.05) is 37.5 Å². The van der Waals surface area contributed by atoms with E-state index in [0.717, 1.165) is 21.3 Å². The van der Waals surface area contributed by atoms with Crippen LogP contribution < -0.4 is 0 Å². The number of nitrogens with zero attached hydrogens (tertiary/aromatic N) is 2. The number of hydrogen-bond acceptors (Lipinski definition) is 2. The van der Waals surface area contributed by atoms with Crippen LogP contribution in [0.4, 0.5) is 0 Å². The van der Waals surface area contributed by atoms with Gasteiger partial charge in [-0.05, 0) is 34.8 Å². The molecule has 1 saturated carbocycles. The molecule has 1 heterocycles. The van der Waals surface area contributed by atoms with Crippen LogP contribution in [0.2, 0.25) is 0 Å². The molecule has 0 N–H and O–H groups in total. The molecule has 1 aromatic carbocycles. The van der Waals surface area contributed by atoms with Crippen LogP contribution >= 0.6 is 15.9 Å². The van der Waals surface area contributed by atoms with Gasteiger partial charge in [-0.15, -0.1) is 0 Å². The monoisotopic (exact) mass is 290 g/mol. The largest absolute Gasteiger partial charge is 0.233 e. The maximum atomic E-state index is 4.72. The predicted molar refractivity (Wildman–Crippen MR) is 73.1 cm³/mol. The van der Waals surface area contributed by atoms with E-state index in [1.807, 2.05) is 12.1 Å². The van der Waals surface area contributed by atoms with Crippen molar-refractivity contribution in [1.82, 2.24) is 9.97 Å². The maximum absolute atomic E-state index is 4.72. The molecule has 2 nitrogen and oxygen atoms in total. The zero-order valence-corrected chi connectivity index (χ0v) is 11.3. The number of hydrogen-bond donors (Lipinski definition) is 0. The normalized spacial score (nSPS) is 17.5. The Kier molecular flexibility index (Phi) is 3.10. The molecule has 3 heteroatoms. The summed E-state index contributed by atoms with van der Waals surface area (Å²) < 4.78 is 0.934. The fourth-order valence-corrected chi connectivity index (χ4v) is 3.12. The minimum Gasteiger partial charge on any atom is -0.233 e. The molecule has 1 aliphatic rings. The van der Waals surface area contributed by atoms with Gasteiger partial charge in [-0.3, -0.25) is 0 Å². The van der Waals surface area contributed by atoms with Gasteiger partial charge in [-0.2, -0.15) is 0 Å². The minimum atomic E-state index is 0.560. The van der Waals surface area contributed by atoms with Crippen LogP contribution in [-0.2, 0) is 0 Å². The third-order valence-electron chi connectivity index (χ3n) is 3.54. The van der Waals surface area contributed by atoms with Crippen LogP contribution in [0.1, 0.15) is 43.8 Å². The average molecular weight is 291 g/mol. The van der Waals surface area contributed by atoms with E-state index in [4.69, 9.17) is 4.98 Å². The third-order valence-corrected chi connectivity index (χ3v) is 4.15. The van der Waals surface area contributed by atoms with Gasteiger partial charge in [0.2, 0.25) is 0 Å². The molecule has 0 atom stereocenters. The Labute approximate surface area is 110 Å². The molecular weight excluding hydrogens is 276 g/mol. The molecule has 1 aliphatic carbocycles. The molecule has 0 spiro atoms. The van der Waals surface area contributed by atoms with Crippen LogP contribution in [0.15, 0.2) is 28.9 Å². The number of para-hydroxylation sites is 1. The second-order valence-electron chi connectivity index (χ2n) is 4.72. The van der Waals surface area contributed by atoms with Crippen molar-refractivity contribution in [2.24, 2.45) is 0 Å². The summed E-state index contributed by atoms with van der Waals surface area (Å²) in [5, 5.41) is 1.10. The van der Waals surface area contributed by atoms with Gasteiger partial charge in [0.05, 0.1) is 5.52 Å². The molecule has 17 heavy (non-hydrogen) atoms. The number of rotatable bonds is 1. The summed E-state index contributed by atoms with van der Waals surface area (Å²) in [6.07, 6.45) is 6.48. The molecular formula is C14H15BrN2. The van der Waals surface area contributed by atoms with Gasteiger partial charge in [0.15, 0.2) is 0 Å². The van der Waals surface area contributed by atoms with E-state index < -0.39 is 0 Å². The first-order chi connectivity index (χ1) is 8.34. The Morgan fingerprint density at radius 3 is 2.59 bits per heavy atom. The number of halogens is 1. The molecule has 0 bridgehead atoms. The van der Waals surface area contributed by atoms with Gasteiger partial charge >= 0.3 is 0 Å². The molecule has 88 valence electrons. The topological polar surface area (TPSA) is 25.8 Å².